The zero-order valence-corrected chi connectivity index (χ0v) is 11.2. The third-order valence-electron chi connectivity index (χ3n) is 2.47. The maximum atomic E-state index is 5.17. The van der Waals surface area contributed by atoms with Gasteiger partial charge in [-0.25, -0.2) is 0 Å². The molecule has 1 nitrogen and oxygen atoms in total. The summed E-state index contributed by atoms with van der Waals surface area (Å²) in [4.78, 5) is 0. The topological polar surface area (TPSA) is 9.23 Å². The quantitative estimate of drug-likeness (QED) is 0.630. The van der Waals surface area contributed by atoms with Gasteiger partial charge in [0.2, 0.25) is 0 Å². The lowest BCUT2D eigenvalue weighted by molar-refractivity contribution is 0.135. The van der Waals surface area contributed by atoms with Gasteiger partial charge >= 0.3 is 0 Å². The molecular weight excluding hydrogens is 172 g/mol. The normalized spacial score (nSPS) is 15.9. The molecule has 0 spiro atoms. The van der Waals surface area contributed by atoms with E-state index < -0.39 is 0 Å². The Balaban J connectivity index is 0. The van der Waals surface area contributed by atoms with Gasteiger partial charge in [-0.2, -0.15) is 0 Å². The van der Waals surface area contributed by atoms with Crippen LogP contribution >= 0.6 is 0 Å². The summed E-state index contributed by atoms with van der Waals surface area (Å²) in [7, 11) is 1.81. The molecule has 0 atom stereocenters. The Hall–Kier alpha value is -0.0400. The third kappa shape index (κ3) is 7.37. The molecule has 0 aromatic carbocycles. The Labute approximate surface area is 91.2 Å². The first-order valence-electron chi connectivity index (χ1n) is 6.32. The van der Waals surface area contributed by atoms with Gasteiger partial charge in [0.25, 0.3) is 0 Å². The minimum absolute atomic E-state index is 0.630. The fraction of sp³-hybridized carbons (Fsp3) is 1.00. The number of ether oxygens (including phenoxy) is 1. The van der Waals surface area contributed by atoms with Crippen LogP contribution in [0.2, 0.25) is 0 Å². The van der Waals surface area contributed by atoms with E-state index in [1.54, 1.807) is 0 Å². The molecule has 1 rings (SSSR count). The van der Waals surface area contributed by atoms with E-state index in [2.05, 4.69) is 6.92 Å². The van der Waals surface area contributed by atoms with Gasteiger partial charge in [-0.15, -0.1) is 0 Å². The highest BCUT2D eigenvalue weighted by Gasteiger charge is 2.41. The maximum absolute atomic E-state index is 5.17. The van der Waals surface area contributed by atoms with Crippen molar-refractivity contribution in [2.75, 3.05) is 13.7 Å². The van der Waals surface area contributed by atoms with E-state index in [4.69, 9.17) is 4.74 Å². The summed E-state index contributed by atoms with van der Waals surface area (Å²) in [5, 5.41) is 0. The SMILES string of the molecule is CC.CC.CCCCC1(COC)CC1. The zero-order valence-electron chi connectivity index (χ0n) is 11.2. The fourth-order valence-electron chi connectivity index (χ4n) is 1.50. The van der Waals surface area contributed by atoms with E-state index in [1.807, 2.05) is 34.8 Å². The van der Waals surface area contributed by atoms with Crippen molar-refractivity contribution in [1.82, 2.24) is 0 Å². The average molecular weight is 202 g/mol. The third-order valence-corrected chi connectivity index (χ3v) is 2.47. The molecule has 1 saturated carbocycles. The lowest BCUT2D eigenvalue weighted by Crippen LogP contribution is -2.08. The first kappa shape index (κ1) is 16.4. The monoisotopic (exact) mass is 202 g/mol. The van der Waals surface area contributed by atoms with E-state index in [9.17, 15) is 0 Å². The van der Waals surface area contributed by atoms with Crippen molar-refractivity contribution in [3.8, 4) is 0 Å². The molecule has 0 N–H and O–H groups in total. The van der Waals surface area contributed by atoms with Gasteiger partial charge in [0.05, 0.1) is 6.61 Å². The summed E-state index contributed by atoms with van der Waals surface area (Å²) in [6.45, 7) is 11.2. The highest BCUT2D eigenvalue weighted by atomic mass is 16.5. The van der Waals surface area contributed by atoms with Gasteiger partial charge in [-0.05, 0) is 24.7 Å². The standard InChI is InChI=1S/C9H18O.2C2H6/c1-3-4-5-9(6-7-9)8-10-2;2*1-2/h3-8H2,1-2H3;2*1-2H3. The lowest BCUT2D eigenvalue weighted by atomic mass is 10.0. The van der Waals surface area contributed by atoms with Crippen LogP contribution in [0, 0.1) is 5.41 Å². The largest absolute Gasteiger partial charge is 0.384 e. The van der Waals surface area contributed by atoms with Gasteiger partial charge in [0.15, 0.2) is 0 Å². The van der Waals surface area contributed by atoms with Crippen LogP contribution in [0.4, 0.5) is 0 Å². The summed E-state index contributed by atoms with van der Waals surface area (Å²) >= 11 is 0. The molecule has 0 aliphatic heterocycles. The van der Waals surface area contributed by atoms with Crippen LogP contribution < -0.4 is 0 Å². The first-order valence-corrected chi connectivity index (χ1v) is 6.32. The van der Waals surface area contributed by atoms with E-state index in [0.29, 0.717) is 5.41 Å². The molecule has 14 heavy (non-hydrogen) atoms. The van der Waals surface area contributed by atoms with E-state index in [1.165, 1.54) is 32.1 Å². The average Bonchev–Trinajstić information content (AvgIpc) is 3.02. The second-order valence-corrected chi connectivity index (χ2v) is 3.54. The van der Waals surface area contributed by atoms with Gasteiger partial charge in [0, 0.05) is 7.11 Å². The van der Waals surface area contributed by atoms with Gasteiger partial charge in [0.1, 0.15) is 0 Å². The Kier molecular flexibility index (Phi) is 12.9. The number of rotatable bonds is 5. The van der Waals surface area contributed by atoms with Gasteiger partial charge in [-0.3, -0.25) is 0 Å². The molecule has 1 aliphatic carbocycles. The van der Waals surface area contributed by atoms with E-state index >= 15 is 0 Å². The number of unbranched alkanes of at least 4 members (excludes halogenated alkanes) is 1. The van der Waals surface area contributed by atoms with Crippen LogP contribution in [0.5, 0.6) is 0 Å². The summed E-state index contributed by atoms with van der Waals surface area (Å²) in [6.07, 6.45) is 6.90. The van der Waals surface area contributed by atoms with Gasteiger partial charge in [-0.1, -0.05) is 47.5 Å². The number of methoxy groups -OCH3 is 1. The smallest absolute Gasteiger partial charge is 0.0518 e. The van der Waals surface area contributed by atoms with Gasteiger partial charge < -0.3 is 4.74 Å². The van der Waals surface area contributed by atoms with Crippen LogP contribution in [-0.4, -0.2) is 13.7 Å². The van der Waals surface area contributed by atoms with Crippen molar-refractivity contribution in [3.05, 3.63) is 0 Å². The van der Waals surface area contributed by atoms with Crippen LogP contribution in [-0.2, 0) is 4.74 Å². The summed E-state index contributed by atoms with van der Waals surface area (Å²) in [5.41, 5.74) is 0.630. The van der Waals surface area contributed by atoms with Crippen molar-refractivity contribution in [3.63, 3.8) is 0 Å². The molecule has 0 aromatic heterocycles. The lowest BCUT2D eigenvalue weighted by Gasteiger charge is -2.11. The first-order chi connectivity index (χ1) is 6.83. The van der Waals surface area contributed by atoms with E-state index in [0.717, 1.165) is 6.61 Å². The van der Waals surface area contributed by atoms with Crippen LogP contribution in [0.25, 0.3) is 0 Å². The second-order valence-electron chi connectivity index (χ2n) is 3.54. The molecule has 0 amide bonds. The number of hydrogen-bond donors (Lipinski definition) is 0. The second kappa shape index (κ2) is 11.0. The Morgan fingerprint density at radius 2 is 1.57 bits per heavy atom. The molecule has 0 saturated heterocycles. The fourth-order valence-corrected chi connectivity index (χ4v) is 1.50. The Morgan fingerprint density at radius 3 is 1.86 bits per heavy atom. The molecule has 0 heterocycles. The molecular formula is C13H30O. The minimum Gasteiger partial charge on any atom is -0.384 e. The summed E-state index contributed by atoms with van der Waals surface area (Å²) in [5.74, 6) is 0. The predicted octanol–water partition coefficient (Wildman–Crippen LogP) is 4.66. The molecule has 0 bridgehead atoms. The Bertz CT molecular complexity index is 95.4. The number of hydrogen-bond acceptors (Lipinski definition) is 1. The maximum Gasteiger partial charge on any atom is 0.0518 e. The molecule has 88 valence electrons. The summed E-state index contributed by atoms with van der Waals surface area (Å²) < 4.78 is 5.17. The Morgan fingerprint density at radius 1 is 1.07 bits per heavy atom. The molecule has 1 aliphatic rings. The highest BCUT2D eigenvalue weighted by Crippen LogP contribution is 2.49. The predicted molar refractivity (Wildman–Crippen MR) is 65.8 cm³/mol. The molecule has 0 unspecified atom stereocenters. The van der Waals surface area contributed by atoms with Crippen molar-refractivity contribution in [2.24, 2.45) is 5.41 Å². The molecule has 1 fully saturated rings. The zero-order chi connectivity index (χ0) is 11.4. The molecule has 1 heteroatoms. The van der Waals surface area contributed by atoms with Crippen LogP contribution in [0.1, 0.15) is 66.7 Å². The van der Waals surface area contributed by atoms with Crippen LogP contribution in [0.15, 0.2) is 0 Å². The highest BCUT2D eigenvalue weighted by molar-refractivity contribution is 4.92. The van der Waals surface area contributed by atoms with Crippen LogP contribution in [0.3, 0.4) is 0 Å². The molecule has 0 aromatic rings. The molecule has 0 radical (unpaired) electrons. The van der Waals surface area contributed by atoms with Crippen molar-refractivity contribution < 1.29 is 4.74 Å². The van der Waals surface area contributed by atoms with Crippen molar-refractivity contribution >= 4 is 0 Å². The minimum atomic E-state index is 0.630. The summed E-state index contributed by atoms with van der Waals surface area (Å²) in [6, 6.07) is 0. The van der Waals surface area contributed by atoms with E-state index in [-0.39, 0.29) is 0 Å². The van der Waals surface area contributed by atoms with Crippen molar-refractivity contribution in [2.45, 2.75) is 66.7 Å². The van der Waals surface area contributed by atoms with Crippen molar-refractivity contribution in [1.29, 1.82) is 0 Å².